The third kappa shape index (κ3) is 2.50. The molecule has 0 aromatic heterocycles. The van der Waals surface area contributed by atoms with Gasteiger partial charge in [0.1, 0.15) is 0 Å². The molecule has 0 aromatic rings. The Hall–Kier alpha value is -0.570. The van der Waals surface area contributed by atoms with Crippen LogP contribution < -0.4 is 10.6 Å². The third-order valence-corrected chi connectivity index (χ3v) is 1.98. The first kappa shape index (κ1) is 8.53. The van der Waals surface area contributed by atoms with Gasteiger partial charge in [-0.25, -0.2) is 0 Å². The van der Waals surface area contributed by atoms with Gasteiger partial charge in [-0.1, -0.05) is 6.92 Å². The summed E-state index contributed by atoms with van der Waals surface area (Å²) < 4.78 is 0. The molecule has 11 heavy (non-hydrogen) atoms. The van der Waals surface area contributed by atoms with Gasteiger partial charge in [-0.05, 0) is 19.4 Å². The molecule has 1 aliphatic rings. The number of amides is 1. The van der Waals surface area contributed by atoms with Gasteiger partial charge in [0.05, 0.1) is 5.92 Å². The molecule has 1 aliphatic heterocycles. The molecule has 1 amide bonds. The molecule has 3 nitrogen and oxygen atoms in total. The van der Waals surface area contributed by atoms with E-state index in [0.29, 0.717) is 0 Å². The van der Waals surface area contributed by atoms with Crippen LogP contribution in [-0.4, -0.2) is 25.5 Å². The molecule has 1 atom stereocenters. The zero-order chi connectivity index (χ0) is 8.10. The van der Waals surface area contributed by atoms with Crippen LogP contribution in [0, 0.1) is 5.92 Å². The second-order valence-electron chi connectivity index (χ2n) is 2.98. The molecule has 3 heteroatoms. The quantitative estimate of drug-likeness (QED) is 0.609. The summed E-state index contributed by atoms with van der Waals surface area (Å²) in [5, 5.41) is 6.06. The monoisotopic (exact) mass is 156 g/mol. The van der Waals surface area contributed by atoms with Crippen molar-refractivity contribution in [3.05, 3.63) is 0 Å². The van der Waals surface area contributed by atoms with Crippen LogP contribution in [0.25, 0.3) is 0 Å². The number of carbonyl (C=O) groups is 1. The number of hydrogen-bond acceptors (Lipinski definition) is 2. The van der Waals surface area contributed by atoms with Gasteiger partial charge in [0.2, 0.25) is 5.91 Å². The summed E-state index contributed by atoms with van der Waals surface area (Å²) in [5.41, 5.74) is 0. The van der Waals surface area contributed by atoms with Crippen molar-refractivity contribution < 1.29 is 4.79 Å². The van der Waals surface area contributed by atoms with Crippen molar-refractivity contribution in [3.8, 4) is 0 Å². The van der Waals surface area contributed by atoms with Crippen molar-refractivity contribution in [1.82, 2.24) is 10.6 Å². The number of carbonyl (C=O) groups excluding carboxylic acids is 1. The molecule has 1 rings (SSSR count). The van der Waals surface area contributed by atoms with E-state index in [1.165, 1.54) is 0 Å². The first-order valence-corrected chi connectivity index (χ1v) is 4.33. The number of rotatable bonds is 3. The molecule has 2 N–H and O–H groups in total. The lowest BCUT2D eigenvalue weighted by Crippen LogP contribution is -2.32. The van der Waals surface area contributed by atoms with Crippen molar-refractivity contribution in [3.63, 3.8) is 0 Å². The van der Waals surface area contributed by atoms with Crippen LogP contribution >= 0.6 is 0 Å². The molecule has 1 saturated heterocycles. The summed E-state index contributed by atoms with van der Waals surface area (Å²) in [6.07, 6.45) is 2.02. The van der Waals surface area contributed by atoms with Crippen LogP contribution in [0.4, 0.5) is 0 Å². The highest BCUT2D eigenvalue weighted by Gasteiger charge is 2.21. The van der Waals surface area contributed by atoms with Gasteiger partial charge in [-0.2, -0.15) is 0 Å². The lowest BCUT2D eigenvalue weighted by Gasteiger charge is -2.07. The van der Waals surface area contributed by atoms with E-state index in [4.69, 9.17) is 0 Å². The van der Waals surface area contributed by atoms with Gasteiger partial charge in [0, 0.05) is 13.1 Å². The van der Waals surface area contributed by atoms with E-state index in [9.17, 15) is 4.79 Å². The average molecular weight is 156 g/mol. The minimum Gasteiger partial charge on any atom is -0.356 e. The molecule has 0 bridgehead atoms. The first-order chi connectivity index (χ1) is 5.34. The highest BCUT2D eigenvalue weighted by molar-refractivity contribution is 5.79. The molecule has 0 aliphatic carbocycles. The van der Waals surface area contributed by atoms with E-state index in [2.05, 4.69) is 17.6 Å². The smallest absolute Gasteiger partial charge is 0.224 e. The SMILES string of the molecule is CCCNC(=O)[C@H]1CCNC1. The van der Waals surface area contributed by atoms with Crippen molar-refractivity contribution >= 4 is 5.91 Å². The largest absolute Gasteiger partial charge is 0.356 e. The molecule has 0 spiro atoms. The van der Waals surface area contributed by atoms with Crippen LogP contribution in [0.1, 0.15) is 19.8 Å². The van der Waals surface area contributed by atoms with E-state index < -0.39 is 0 Å². The first-order valence-electron chi connectivity index (χ1n) is 4.33. The molecular formula is C8H16N2O. The summed E-state index contributed by atoms with van der Waals surface area (Å²) in [5.74, 6) is 0.443. The van der Waals surface area contributed by atoms with Gasteiger partial charge >= 0.3 is 0 Å². The Morgan fingerprint density at radius 1 is 1.73 bits per heavy atom. The van der Waals surface area contributed by atoms with Gasteiger partial charge in [0.25, 0.3) is 0 Å². The Bertz CT molecular complexity index is 130. The Balaban J connectivity index is 2.17. The maximum absolute atomic E-state index is 11.3. The molecular weight excluding hydrogens is 140 g/mol. The fourth-order valence-electron chi connectivity index (χ4n) is 1.27. The van der Waals surface area contributed by atoms with E-state index in [0.717, 1.165) is 32.5 Å². The number of hydrogen-bond donors (Lipinski definition) is 2. The molecule has 0 radical (unpaired) electrons. The van der Waals surface area contributed by atoms with Gasteiger partial charge in [-0.15, -0.1) is 0 Å². The van der Waals surface area contributed by atoms with Crippen molar-refractivity contribution in [2.75, 3.05) is 19.6 Å². The minimum atomic E-state index is 0.219. The van der Waals surface area contributed by atoms with E-state index >= 15 is 0 Å². The zero-order valence-electron chi connectivity index (χ0n) is 7.02. The number of nitrogens with one attached hydrogen (secondary N) is 2. The fraction of sp³-hybridized carbons (Fsp3) is 0.875. The minimum absolute atomic E-state index is 0.219. The summed E-state index contributed by atoms with van der Waals surface area (Å²) in [4.78, 5) is 11.3. The van der Waals surface area contributed by atoms with Gasteiger partial charge in [-0.3, -0.25) is 4.79 Å². The van der Waals surface area contributed by atoms with Crippen LogP contribution in [0.5, 0.6) is 0 Å². The molecule has 1 heterocycles. The molecule has 0 unspecified atom stereocenters. The molecule has 0 saturated carbocycles. The van der Waals surface area contributed by atoms with E-state index in [1.54, 1.807) is 0 Å². The van der Waals surface area contributed by atoms with E-state index in [1.807, 2.05) is 0 Å². The fourth-order valence-corrected chi connectivity index (χ4v) is 1.27. The second-order valence-corrected chi connectivity index (χ2v) is 2.98. The van der Waals surface area contributed by atoms with Crippen LogP contribution in [-0.2, 0) is 4.79 Å². The predicted molar refractivity (Wildman–Crippen MR) is 44.3 cm³/mol. The summed E-state index contributed by atoms with van der Waals surface area (Å²) in [6, 6.07) is 0. The van der Waals surface area contributed by atoms with Crippen molar-refractivity contribution in [1.29, 1.82) is 0 Å². The summed E-state index contributed by atoms with van der Waals surface area (Å²) in [6.45, 7) is 4.72. The standard InChI is InChI=1S/C8H16N2O/c1-2-4-10-8(11)7-3-5-9-6-7/h7,9H,2-6H2,1H3,(H,10,11)/t7-/m0/s1. The lowest BCUT2D eigenvalue weighted by atomic mass is 10.1. The summed E-state index contributed by atoms with van der Waals surface area (Å²) >= 11 is 0. The Kier molecular flexibility index (Phi) is 3.36. The Morgan fingerprint density at radius 2 is 2.55 bits per heavy atom. The highest BCUT2D eigenvalue weighted by Crippen LogP contribution is 2.06. The zero-order valence-corrected chi connectivity index (χ0v) is 7.02. The summed E-state index contributed by atoms with van der Waals surface area (Å²) in [7, 11) is 0. The van der Waals surface area contributed by atoms with Crippen molar-refractivity contribution in [2.45, 2.75) is 19.8 Å². The normalized spacial score (nSPS) is 23.5. The maximum Gasteiger partial charge on any atom is 0.224 e. The average Bonchev–Trinajstić information content (AvgIpc) is 2.52. The van der Waals surface area contributed by atoms with Crippen molar-refractivity contribution in [2.24, 2.45) is 5.92 Å². The van der Waals surface area contributed by atoms with Gasteiger partial charge in [0.15, 0.2) is 0 Å². The molecule has 1 fully saturated rings. The molecule has 0 aromatic carbocycles. The lowest BCUT2D eigenvalue weighted by molar-refractivity contribution is -0.124. The Morgan fingerprint density at radius 3 is 3.09 bits per heavy atom. The third-order valence-electron chi connectivity index (χ3n) is 1.98. The second kappa shape index (κ2) is 4.34. The Labute approximate surface area is 67.5 Å². The maximum atomic E-state index is 11.3. The van der Waals surface area contributed by atoms with E-state index in [-0.39, 0.29) is 11.8 Å². The predicted octanol–water partition coefficient (Wildman–Crippen LogP) is 0.122. The highest BCUT2D eigenvalue weighted by atomic mass is 16.1. The van der Waals surface area contributed by atoms with Crippen LogP contribution in [0.2, 0.25) is 0 Å². The van der Waals surface area contributed by atoms with Crippen LogP contribution in [0.3, 0.4) is 0 Å². The topological polar surface area (TPSA) is 41.1 Å². The van der Waals surface area contributed by atoms with Gasteiger partial charge < -0.3 is 10.6 Å². The molecule has 64 valence electrons. The van der Waals surface area contributed by atoms with Crippen LogP contribution in [0.15, 0.2) is 0 Å².